The second kappa shape index (κ2) is 7.17. The van der Waals surface area contributed by atoms with Gasteiger partial charge in [0, 0.05) is 0 Å². The Bertz CT molecular complexity index is 785. The Morgan fingerprint density at radius 3 is 2.48 bits per heavy atom. The van der Waals surface area contributed by atoms with Gasteiger partial charge >= 0.3 is 148 Å². The standard InChI is InChI=1S/C20H20NOTe/c1-21(2)17-8-5-15(6-9-17)4-7-16-12-13-23-20-14-18(22-3)10-11-19(16)20/h4-14H,1-3H3/q+1. The summed E-state index contributed by atoms with van der Waals surface area (Å²) in [6.45, 7) is 0. The molecule has 1 heterocycles. The van der Waals surface area contributed by atoms with Crippen LogP contribution >= 0.6 is 0 Å². The molecule has 23 heavy (non-hydrogen) atoms. The molecule has 0 fully saturated rings. The van der Waals surface area contributed by atoms with Crippen molar-refractivity contribution in [3.05, 3.63) is 76.0 Å². The van der Waals surface area contributed by atoms with Crippen LogP contribution in [-0.2, 0) is 0 Å². The number of allylic oxidation sites excluding steroid dienone is 9. The first-order valence-electron chi connectivity index (χ1n) is 7.51. The molecule has 2 aliphatic rings. The molecule has 116 valence electrons. The molecule has 0 bridgehead atoms. The van der Waals surface area contributed by atoms with Gasteiger partial charge in [0.05, 0.1) is 0 Å². The number of methoxy groups -OCH3 is 1. The SMILES string of the molecule is COc1ccc2c(c1)[Te]C=CC2=CC=C1C=CC(=[N+](C)C)C=C1. The van der Waals surface area contributed by atoms with Crippen molar-refractivity contribution in [2.24, 2.45) is 0 Å². The van der Waals surface area contributed by atoms with E-state index in [4.69, 9.17) is 4.74 Å². The van der Waals surface area contributed by atoms with Crippen LogP contribution in [0.1, 0.15) is 5.56 Å². The fourth-order valence-corrected chi connectivity index (χ4v) is 4.90. The first-order valence-corrected chi connectivity index (χ1v) is 10.0. The van der Waals surface area contributed by atoms with Crippen molar-refractivity contribution in [2.45, 2.75) is 0 Å². The maximum atomic E-state index is 5.34. The summed E-state index contributed by atoms with van der Waals surface area (Å²) in [5, 5.41) is 0. The number of hydrogen-bond acceptors (Lipinski definition) is 1. The summed E-state index contributed by atoms with van der Waals surface area (Å²) in [5.41, 5.74) is 5.05. The number of fused-ring (bicyclic) bond motifs is 1. The summed E-state index contributed by atoms with van der Waals surface area (Å²) in [6, 6.07) is 6.41. The predicted molar refractivity (Wildman–Crippen MR) is 99.0 cm³/mol. The molecular weight excluding hydrogens is 398 g/mol. The maximum absolute atomic E-state index is 5.34. The molecule has 0 amide bonds. The molecule has 0 saturated heterocycles. The minimum atomic E-state index is -0.239. The van der Waals surface area contributed by atoms with Gasteiger partial charge in [0.1, 0.15) is 0 Å². The van der Waals surface area contributed by atoms with Crippen LogP contribution in [0.25, 0.3) is 5.57 Å². The average Bonchev–Trinajstić information content (AvgIpc) is 2.59. The molecule has 0 unspecified atom stereocenters. The number of benzene rings is 1. The van der Waals surface area contributed by atoms with Crippen LogP contribution in [0.3, 0.4) is 0 Å². The van der Waals surface area contributed by atoms with Crippen molar-refractivity contribution in [2.75, 3.05) is 21.2 Å². The molecule has 1 aliphatic carbocycles. The van der Waals surface area contributed by atoms with Gasteiger partial charge in [0.2, 0.25) is 0 Å². The summed E-state index contributed by atoms with van der Waals surface area (Å²) in [4.78, 5) is 0. The van der Waals surface area contributed by atoms with Crippen LogP contribution < -0.4 is 8.35 Å². The van der Waals surface area contributed by atoms with E-state index < -0.39 is 0 Å². The molecule has 2 nitrogen and oxygen atoms in total. The van der Waals surface area contributed by atoms with Crippen LogP contribution in [0.4, 0.5) is 0 Å². The van der Waals surface area contributed by atoms with E-state index in [1.807, 2.05) is 6.07 Å². The van der Waals surface area contributed by atoms with Crippen LogP contribution in [0.5, 0.6) is 5.75 Å². The number of ether oxygens (including phenoxy) is 1. The van der Waals surface area contributed by atoms with E-state index in [0.717, 1.165) is 5.75 Å². The van der Waals surface area contributed by atoms with E-state index in [0.29, 0.717) is 0 Å². The summed E-state index contributed by atoms with van der Waals surface area (Å²) >= 11 is -0.239. The average molecular weight is 418 g/mol. The second-order valence-electron chi connectivity index (χ2n) is 5.56. The fraction of sp³-hybridized carbons (Fsp3) is 0.150. The van der Waals surface area contributed by atoms with Gasteiger partial charge in [-0.3, -0.25) is 0 Å². The number of nitrogens with zero attached hydrogens (tertiary/aromatic N) is 1. The molecule has 3 heteroatoms. The molecule has 0 atom stereocenters. The van der Waals surface area contributed by atoms with Crippen molar-refractivity contribution in [1.82, 2.24) is 0 Å². The molecule has 0 aromatic heterocycles. The molecule has 0 saturated carbocycles. The topological polar surface area (TPSA) is 12.2 Å². The Hall–Kier alpha value is -1.82. The second-order valence-corrected chi connectivity index (χ2v) is 8.26. The van der Waals surface area contributed by atoms with E-state index in [1.54, 1.807) is 7.11 Å². The number of hydrogen-bond donors (Lipinski definition) is 0. The van der Waals surface area contributed by atoms with Crippen molar-refractivity contribution in [3.63, 3.8) is 0 Å². The van der Waals surface area contributed by atoms with Crippen LogP contribution in [0.2, 0.25) is 0 Å². The summed E-state index contributed by atoms with van der Waals surface area (Å²) in [6.07, 6.45) is 15.2. The van der Waals surface area contributed by atoms with Gasteiger partial charge < -0.3 is 0 Å². The summed E-state index contributed by atoms with van der Waals surface area (Å²) in [7, 11) is 5.84. The quantitative estimate of drug-likeness (QED) is 0.532. The minimum absolute atomic E-state index is 0.239. The summed E-state index contributed by atoms with van der Waals surface area (Å²) in [5.74, 6) is 0.951. The molecular formula is C20H20NOTe+. The first-order chi connectivity index (χ1) is 11.2. The number of rotatable bonds is 2. The van der Waals surface area contributed by atoms with E-state index in [-0.39, 0.29) is 20.9 Å². The fourth-order valence-electron chi connectivity index (χ4n) is 2.45. The van der Waals surface area contributed by atoms with Crippen LogP contribution in [0, 0.1) is 0 Å². The molecule has 1 aromatic rings. The van der Waals surface area contributed by atoms with Gasteiger partial charge in [-0.15, -0.1) is 0 Å². The Balaban J connectivity index is 1.88. The molecule has 0 radical (unpaired) electrons. The van der Waals surface area contributed by atoms with E-state index in [1.165, 1.54) is 26.0 Å². The van der Waals surface area contributed by atoms with Crippen LogP contribution in [-0.4, -0.2) is 52.4 Å². The van der Waals surface area contributed by atoms with Gasteiger partial charge in [-0.25, -0.2) is 0 Å². The first kappa shape index (κ1) is 16.1. The Labute approximate surface area is 148 Å². The molecule has 1 aliphatic heterocycles. The Morgan fingerprint density at radius 2 is 1.78 bits per heavy atom. The van der Waals surface area contributed by atoms with Gasteiger partial charge in [0.15, 0.2) is 0 Å². The monoisotopic (exact) mass is 420 g/mol. The zero-order valence-corrected chi connectivity index (χ0v) is 15.9. The Morgan fingerprint density at radius 1 is 1.00 bits per heavy atom. The van der Waals surface area contributed by atoms with Crippen molar-refractivity contribution in [1.29, 1.82) is 0 Å². The van der Waals surface area contributed by atoms with Gasteiger partial charge in [-0.1, -0.05) is 0 Å². The van der Waals surface area contributed by atoms with Gasteiger partial charge in [-0.05, 0) is 0 Å². The molecule has 1 aromatic carbocycles. The zero-order valence-electron chi connectivity index (χ0n) is 13.6. The molecule has 0 N–H and O–H groups in total. The normalized spacial score (nSPS) is 17.4. The van der Waals surface area contributed by atoms with Gasteiger partial charge in [0.25, 0.3) is 0 Å². The van der Waals surface area contributed by atoms with Crippen molar-refractivity contribution >= 4 is 35.8 Å². The third-order valence-corrected chi connectivity index (χ3v) is 6.27. The molecule has 0 spiro atoms. The van der Waals surface area contributed by atoms with Crippen LogP contribution in [0.15, 0.2) is 70.4 Å². The third kappa shape index (κ3) is 3.75. The van der Waals surface area contributed by atoms with E-state index >= 15 is 0 Å². The van der Waals surface area contributed by atoms with Crippen molar-refractivity contribution in [3.8, 4) is 5.75 Å². The predicted octanol–water partition coefficient (Wildman–Crippen LogP) is 2.70. The van der Waals surface area contributed by atoms with E-state index in [9.17, 15) is 0 Å². The summed E-state index contributed by atoms with van der Waals surface area (Å²) < 4.78 is 11.2. The van der Waals surface area contributed by atoms with Crippen molar-refractivity contribution < 1.29 is 9.31 Å². The molecule has 3 rings (SSSR count). The zero-order chi connectivity index (χ0) is 16.2. The van der Waals surface area contributed by atoms with E-state index in [2.05, 4.69) is 77.5 Å². The third-order valence-electron chi connectivity index (χ3n) is 3.81. The Kier molecular flexibility index (Phi) is 5.00. The van der Waals surface area contributed by atoms with Gasteiger partial charge in [-0.2, -0.15) is 0 Å².